The van der Waals surface area contributed by atoms with E-state index < -0.39 is 18.3 Å². The lowest BCUT2D eigenvalue weighted by molar-refractivity contribution is 0.0109. The van der Waals surface area contributed by atoms with Crippen LogP contribution in [0.25, 0.3) is 0 Å². The number of benzene rings is 1. The summed E-state index contributed by atoms with van der Waals surface area (Å²) >= 11 is 0. The molecule has 1 amide bonds. The predicted octanol–water partition coefficient (Wildman–Crippen LogP) is 1.38. The van der Waals surface area contributed by atoms with Crippen molar-refractivity contribution in [3.05, 3.63) is 53.7 Å². The number of anilines is 1. The maximum atomic E-state index is 11.6. The smallest absolute Gasteiger partial charge is 0.407 e. The molecule has 8 nitrogen and oxygen atoms in total. The van der Waals surface area contributed by atoms with Crippen LogP contribution in [-0.4, -0.2) is 41.0 Å². The largest absolute Gasteiger partial charge is 0.480 e. The molecule has 0 spiro atoms. The maximum absolute atomic E-state index is 11.6. The van der Waals surface area contributed by atoms with Gasteiger partial charge < -0.3 is 30.7 Å². The number of alkyl carbamates (subject to hydrolysis) is 1. The molecule has 1 aromatic heterocycles. The fourth-order valence-corrected chi connectivity index (χ4v) is 2.24. The number of hydrogen-bond acceptors (Lipinski definition) is 7. The summed E-state index contributed by atoms with van der Waals surface area (Å²) in [7, 11) is 1.41. The standard InChI is InChI=1S/C18H23N3O5/c1-25-17-13(19)7-8-14(21-17)16(23)15(22)9-10-20-18(24)26-11-12-5-3-2-4-6-12/h2-8,15-16,22-23H,9-11,19H2,1H3,(H,20,24). The molecule has 0 aliphatic carbocycles. The molecule has 0 bridgehead atoms. The van der Waals surface area contributed by atoms with Crippen molar-refractivity contribution in [3.63, 3.8) is 0 Å². The summed E-state index contributed by atoms with van der Waals surface area (Å²) < 4.78 is 10.1. The SMILES string of the molecule is COc1nc(C(O)C(O)CCNC(=O)OCc2ccccc2)ccc1N. The minimum Gasteiger partial charge on any atom is -0.480 e. The number of amides is 1. The van der Waals surface area contributed by atoms with Gasteiger partial charge in [-0.05, 0) is 24.1 Å². The number of carbonyl (C=O) groups excluding carboxylic acids is 1. The number of ether oxygens (including phenoxy) is 2. The molecule has 0 saturated heterocycles. The van der Waals surface area contributed by atoms with E-state index in [2.05, 4.69) is 10.3 Å². The van der Waals surface area contributed by atoms with Gasteiger partial charge in [-0.25, -0.2) is 9.78 Å². The zero-order valence-corrected chi connectivity index (χ0v) is 14.5. The fourth-order valence-electron chi connectivity index (χ4n) is 2.24. The highest BCUT2D eigenvalue weighted by atomic mass is 16.5. The predicted molar refractivity (Wildman–Crippen MR) is 95.4 cm³/mol. The van der Waals surface area contributed by atoms with Gasteiger partial charge in [0.1, 0.15) is 12.7 Å². The van der Waals surface area contributed by atoms with E-state index in [-0.39, 0.29) is 31.1 Å². The van der Waals surface area contributed by atoms with E-state index in [1.807, 2.05) is 30.3 Å². The van der Waals surface area contributed by atoms with Crippen molar-refractivity contribution in [2.24, 2.45) is 0 Å². The lowest BCUT2D eigenvalue weighted by Crippen LogP contribution is -2.30. The number of rotatable bonds is 8. The first-order valence-electron chi connectivity index (χ1n) is 8.12. The number of aromatic nitrogens is 1. The summed E-state index contributed by atoms with van der Waals surface area (Å²) in [5.41, 5.74) is 7.11. The molecule has 1 aromatic carbocycles. The molecule has 0 aliphatic rings. The highest BCUT2D eigenvalue weighted by Gasteiger charge is 2.21. The van der Waals surface area contributed by atoms with Crippen LogP contribution < -0.4 is 15.8 Å². The van der Waals surface area contributed by atoms with Gasteiger partial charge in [-0.15, -0.1) is 0 Å². The maximum Gasteiger partial charge on any atom is 0.407 e. The first-order chi connectivity index (χ1) is 12.5. The lowest BCUT2D eigenvalue weighted by Gasteiger charge is -2.18. The Labute approximate surface area is 151 Å². The van der Waals surface area contributed by atoms with Crippen LogP contribution in [0.4, 0.5) is 10.5 Å². The van der Waals surface area contributed by atoms with E-state index >= 15 is 0 Å². The zero-order valence-electron chi connectivity index (χ0n) is 14.5. The molecule has 0 aliphatic heterocycles. The minimum absolute atomic E-state index is 0.121. The number of nitrogens with one attached hydrogen (secondary N) is 1. The number of aliphatic hydroxyl groups excluding tert-OH is 2. The summed E-state index contributed by atoms with van der Waals surface area (Å²) in [4.78, 5) is 15.7. The molecule has 2 atom stereocenters. The van der Waals surface area contributed by atoms with Crippen molar-refractivity contribution in [2.75, 3.05) is 19.4 Å². The Kier molecular flexibility index (Phi) is 7.19. The molecule has 2 unspecified atom stereocenters. The Morgan fingerprint density at radius 3 is 2.65 bits per heavy atom. The lowest BCUT2D eigenvalue weighted by atomic mass is 10.1. The molecule has 5 N–H and O–H groups in total. The number of pyridine rings is 1. The molecule has 2 rings (SSSR count). The number of nitrogens with two attached hydrogens (primary N) is 1. The monoisotopic (exact) mass is 361 g/mol. The number of methoxy groups -OCH3 is 1. The molecule has 0 radical (unpaired) electrons. The van der Waals surface area contributed by atoms with E-state index in [0.29, 0.717) is 5.69 Å². The average molecular weight is 361 g/mol. The first kappa shape index (κ1) is 19.5. The third kappa shape index (κ3) is 5.61. The van der Waals surface area contributed by atoms with Crippen molar-refractivity contribution in [1.82, 2.24) is 10.3 Å². The van der Waals surface area contributed by atoms with Gasteiger partial charge in [0.25, 0.3) is 0 Å². The second-order valence-electron chi connectivity index (χ2n) is 5.62. The van der Waals surface area contributed by atoms with E-state index in [4.69, 9.17) is 15.2 Å². The van der Waals surface area contributed by atoms with Gasteiger partial charge in [0.2, 0.25) is 5.88 Å². The number of hydrogen-bond donors (Lipinski definition) is 4. The first-order valence-corrected chi connectivity index (χ1v) is 8.12. The summed E-state index contributed by atoms with van der Waals surface area (Å²) in [6.07, 6.45) is -2.82. The topological polar surface area (TPSA) is 127 Å². The molecule has 2 aromatic rings. The van der Waals surface area contributed by atoms with Crippen LogP contribution in [0.15, 0.2) is 42.5 Å². The van der Waals surface area contributed by atoms with Crippen LogP contribution in [0.2, 0.25) is 0 Å². The summed E-state index contributed by atoms with van der Waals surface area (Å²) in [6, 6.07) is 12.3. The average Bonchev–Trinajstić information content (AvgIpc) is 2.67. The number of carbonyl (C=O) groups is 1. The van der Waals surface area contributed by atoms with Gasteiger partial charge in [-0.2, -0.15) is 0 Å². The van der Waals surface area contributed by atoms with Crippen molar-refractivity contribution >= 4 is 11.8 Å². The second-order valence-corrected chi connectivity index (χ2v) is 5.62. The number of aliphatic hydroxyl groups is 2. The van der Waals surface area contributed by atoms with Crippen molar-refractivity contribution < 1.29 is 24.5 Å². The Morgan fingerprint density at radius 1 is 1.23 bits per heavy atom. The van der Waals surface area contributed by atoms with Gasteiger partial charge in [0.05, 0.1) is 24.6 Å². The molecule has 140 valence electrons. The van der Waals surface area contributed by atoms with Crippen molar-refractivity contribution in [2.45, 2.75) is 25.2 Å². The molecule has 0 saturated carbocycles. The Morgan fingerprint density at radius 2 is 1.96 bits per heavy atom. The zero-order chi connectivity index (χ0) is 18.9. The Balaban J connectivity index is 1.75. The quantitative estimate of drug-likeness (QED) is 0.559. The van der Waals surface area contributed by atoms with Crippen LogP contribution in [-0.2, 0) is 11.3 Å². The Hall–Kier alpha value is -2.84. The normalized spacial score (nSPS) is 12.9. The van der Waals surface area contributed by atoms with Crippen LogP contribution >= 0.6 is 0 Å². The number of nitrogens with zero attached hydrogens (tertiary/aromatic N) is 1. The Bertz CT molecular complexity index is 711. The van der Waals surface area contributed by atoms with Crippen LogP contribution in [0.1, 0.15) is 23.8 Å². The molecular weight excluding hydrogens is 338 g/mol. The van der Waals surface area contributed by atoms with E-state index in [1.165, 1.54) is 19.2 Å². The van der Waals surface area contributed by atoms with E-state index in [9.17, 15) is 15.0 Å². The summed E-state index contributed by atoms with van der Waals surface area (Å²) in [6.45, 7) is 0.297. The van der Waals surface area contributed by atoms with Crippen LogP contribution in [0.5, 0.6) is 5.88 Å². The molecule has 26 heavy (non-hydrogen) atoms. The second kappa shape index (κ2) is 9.59. The third-order valence-corrected chi connectivity index (χ3v) is 3.69. The molecule has 0 fully saturated rings. The van der Waals surface area contributed by atoms with Gasteiger partial charge >= 0.3 is 6.09 Å². The third-order valence-electron chi connectivity index (χ3n) is 3.69. The van der Waals surface area contributed by atoms with Crippen LogP contribution in [0.3, 0.4) is 0 Å². The van der Waals surface area contributed by atoms with Gasteiger partial charge in [0, 0.05) is 6.54 Å². The highest BCUT2D eigenvalue weighted by Crippen LogP contribution is 2.23. The van der Waals surface area contributed by atoms with Gasteiger partial charge in [-0.3, -0.25) is 0 Å². The van der Waals surface area contributed by atoms with E-state index in [1.54, 1.807) is 0 Å². The van der Waals surface area contributed by atoms with Crippen molar-refractivity contribution in [1.29, 1.82) is 0 Å². The van der Waals surface area contributed by atoms with Gasteiger partial charge in [-0.1, -0.05) is 30.3 Å². The van der Waals surface area contributed by atoms with Crippen molar-refractivity contribution in [3.8, 4) is 5.88 Å². The molecule has 1 heterocycles. The minimum atomic E-state index is -1.23. The highest BCUT2D eigenvalue weighted by molar-refractivity contribution is 5.67. The van der Waals surface area contributed by atoms with Crippen LogP contribution in [0, 0.1) is 0 Å². The fraction of sp³-hybridized carbons (Fsp3) is 0.333. The summed E-state index contributed by atoms with van der Waals surface area (Å²) in [5, 5.41) is 22.8. The molecule has 8 heteroatoms. The molecular formula is C18H23N3O5. The van der Waals surface area contributed by atoms with E-state index in [0.717, 1.165) is 5.56 Å². The summed E-state index contributed by atoms with van der Waals surface area (Å²) in [5.74, 6) is 0.177. The van der Waals surface area contributed by atoms with Gasteiger partial charge in [0.15, 0.2) is 0 Å². The number of nitrogen functional groups attached to an aromatic ring is 1.